The molecule has 1 aliphatic heterocycles. The topological polar surface area (TPSA) is 50.3 Å². The first-order valence-electron chi connectivity index (χ1n) is 5.74. The van der Waals surface area contributed by atoms with E-state index in [0.29, 0.717) is 16.0 Å². The van der Waals surface area contributed by atoms with Crippen molar-refractivity contribution in [1.82, 2.24) is 4.98 Å². The van der Waals surface area contributed by atoms with Crippen LogP contribution in [0.4, 0.5) is 5.82 Å². The van der Waals surface area contributed by atoms with E-state index in [2.05, 4.69) is 20.9 Å². The second-order valence-corrected chi connectivity index (χ2v) is 5.00. The Morgan fingerprint density at radius 1 is 1.05 bits per heavy atom. The number of aromatic nitrogens is 1. The van der Waals surface area contributed by atoms with Gasteiger partial charge in [-0.3, -0.25) is 9.59 Å². The molecule has 0 radical (unpaired) electrons. The highest BCUT2D eigenvalue weighted by molar-refractivity contribution is 9.10. The highest BCUT2D eigenvalue weighted by Gasteiger charge is 2.32. The van der Waals surface area contributed by atoms with Crippen LogP contribution < -0.4 is 4.90 Å². The fraction of sp³-hybridized carbons (Fsp3) is 0.0714. The highest BCUT2D eigenvalue weighted by atomic mass is 79.9. The highest BCUT2D eigenvalue weighted by Crippen LogP contribution is 2.24. The maximum atomic E-state index is 12.4. The van der Waals surface area contributed by atoms with Gasteiger partial charge in [0.2, 0.25) is 5.91 Å². The van der Waals surface area contributed by atoms with Crippen molar-refractivity contribution in [1.29, 1.82) is 0 Å². The molecule has 0 fully saturated rings. The molecule has 1 aromatic heterocycles. The Morgan fingerprint density at radius 3 is 2.63 bits per heavy atom. The molecule has 0 bridgehead atoms. The summed E-state index contributed by atoms with van der Waals surface area (Å²) in [6.45, 7) is 0. The van der Waals surface area contributed by atoms with Crippen molar-refractivity contribution in [2.24, 2.45) is 0 Å². The van der Waals surface area contributed by atoms with Crippen LogP contribution in [0.1, 0.15) is 15.9 Å². The van der Waals surface area contributed by atoms with Gasteiger partial charge < -0.3 is 0 Å². The summed E-state index contributed by atoms with van der Waals surface area (Å²) in [5.41, 5.74) is 1.33. The van der Waals surface area contributed by atoms with Gasteiger partial charge in [-0.1, -0.05) is 24.3 Å². The zero-order chi connectivity index (χ0) is 13.4. The second-order valence-electron chi connectivity index (χ2n) is 4.19. The Morgan fingerprint density at radius 2 is 1.84 bits per heavy atom. The summed E-state index contributed by atoms with van der Waals surface area (Å²) in [5.74, 6) is -0.231. The number of pyridine rings is 1. The largest absolute Gasteiger partial charge is 0.274 e. The van der Waals surface area contributed by atoms with E-state index in [1.807, 2.05) is 6.07 Å². The second kappa shape index (κ2) is 4.59. The van der Waals surface area contributed by atoms with E-state index >= 15 is 0 Å². The molecule has 0 spiro atoms. The number of anilines is 1. The van der Waals surface area contributed by atoms with Crippen molar-refractivity contribution >= 4 is 33.6 Å². The summed E-state index contributed by atoms with van der Waals surface area (Å²) < 4.78 is 0.587. The van der Waals surface area contributed by atoms with Gasteiger partial charge in [-0.2, -0.15) is 0 Å². The minimum atomic E-state index is -0.322. The molecular formula is C14H9BrN2O2. The smallest absolute Gasteiger partial charge is 0.266 e. The first kappa shape index (κ1) is 12.0. The molecule has 0 unspecified atom stereocenters. The quantitative estimate of drug-likeness (QED) is 0.600. The molecule has 3 rings (SSSR count). The van der Waals surface area contributed by atoms with Gasteiger partial charge in [0.1, 0.15) is 10.4 Å². The molecule has 0 atom stereocenters. The zero-order valence-corrected chi connectivity index (χ0v) is 11.4. The third-order valence-corrected chi connectivity index (χ3v) is 3.41. The third-order valence-electron chi connectivity index (χ3n) is 2.97. The van der Waals surface area contributed by atoms with Crippen molar-refractivity contribution in [2.45, 2.75) is 6.42 Å². The van der Waals surface area contributed by atoms with E-state index in [4.69, 9.17) is 0 Å². The van der Waals surface area contributed by atoms with Crippen LogP contribution in [0.25, 0.3) is 0 Å². The number of hydrogen-bond acceptors (Lipinski definition) is 3. The van der Waals surface area contributed by atoms with Crippen LogP contribution >= 0.6 is 15.9 Å². The van der Waals surface area contributed by atoms with Gasteiger partial charge in [0.05, 0.1) is 6.42 Å². The molecule has 0 aliphatic carbocycles. The molecule has 0 N–H and O–H groups in total. The number of halogens is 1. The fourth-order valence-electron chi connectivity index (χ4n) is 2.11. The molecule has 1 aliphatic rings. The molecule has 0 saturated carbocycles. The Bertz CT molecular complexity index is 685. The minimum absolute atomic E-state index is 0.218. The van der Waals surface area contributed by atoms with Crippen molar-refractivity contribution in [2.75, 3.05) is 4.90 Å². The molecule has 5 heteroatoms. The van der Waals surface area contributed by atoms with Crippen LogP contribution in [0.3, 0.4) is 0 Å². The number of amides is 2. The van der Waals surface area contributed by atoms with Crippen LogP contribution in [-0.4, -0.2) is 16.8 Å². The van der Waals surface area contributed by atoms with E-state index < -0.39 is 0 Å². The zero-order valence-electron chi connectivity index (χ0n) is 9.84. The van der Waals surface area contributed by atoms with Crippen LogP contribution in [0.5, 0.6) is 0 Å². The van der Waals surface area contributed by atoms with Gasteiger partial charge in [-0.15, -0.1) is 0 Å². The summed E-state index contributed by atoms with van der Waals surface area (Å²) >= 11 is 3.24. The van der Waals surface area contributed by atoms with E-state index in [0.717, 1.165) is 10.5 Å². The fourth-order valence-corrected chi connectivity index (χ4v) is 2.45. The number of rotatable bonds is 1. The Balaban J connectivity index is 2.09. The maximum absolute atomic E-state index is 12.4. The predicted octanol–water partition coefficient (Wildman–Crippen LogP) is 2.57. The lowest BCUT2D eigenvalue weighted by atomic mass is 9.98. The maximum Gasteiger partial charge on any atom is 0.266 e. The monoisotopic (exact) mass is 316 g/mol. The standard InChI is InChI=1S/C14H9BrN2O2/c15-11-6-3-7-12(16-11)17-13(18)8-9-4-1-2-5-10(9)14(17)19/h1-7H,8H2. The molecule has 2 aromatic rings. The molecule has 2 amide bonds. The summed E-state index contributed by atoms with van der Waals surface area (Å²) in [4.78, 5) is 29.8. The summed E-state index contributed by atoms with van der Waals surface area (Å²) in [6, 6.07) is 12.3. The number of imide groups is 1. The molecule has 1 aromatic carbocycles. The lowest BCUT2D eigenvalue weighted by molar-refractivity contribution is -0.117. The number of nitrogens with zero attached hydrogens (tertiary/aromatic N) is 2. The molecule has 2 heterocycles. The van der Waals surface area contributed by atoms with Crippen molar-refractivity contribution in [3.05, 3.63) is 58.2 Å². The van der Waals surface area contributed by atoms with Gasteiger partial charge in [0, 0.05) is 5.56 Å². The number of hydrogen-bond donors (Lipinski definition) is 0. The Hall–Kier alpha value is -2.01. The number of carbonyl (C=O) groups excluding carboxylic acids is 2. The van der Waals surface area contributed by atoms with Gasteiger partial charge in [-0.05, 0) is 39.7 Å². The van der Waals surface area contributed by atoms with Gasteiger partial charge in [0.25, 0.3) is 5.91 Å². The number of fused-ring (bicyclic) bond motifs is 1. The van der Waals surface area contributed by atoms with Gasteiger partial charge in [0.15, 0.2) is 0 Å². The number of benzene rings is 1. The summed E-state index contributed by atoms with van der Waals surface area (Å²) in [7, 11) is 0. The third kappa shape index (κ3) is 2.06. The summed E-state index contributed by atoms with van der Waals surface area (Å²) in [6.07, 6.45) is 0.218. The van der Waals surface area contributed by atoms with E-state index in [1.165, 1.54) is 0 Å². The van der Waals surface area contributed by atoms with Gasteiger partial charge in [-0.25, -0.2) is 9.88 Å². The van der Waals surface area contributed by atoms with E-state index in [9.17, 15) is 9.59 Å². The first-order valence-corrected chi connectivity index (χ1v) is 6.54. The predicted molar refractivity (Wildman–Crippen MR) is 73.9 cm³/mol. The van der Waals surface area contributed by atoms with Gasteiger partial charge >= 0.3 is 0 Å². The molecule has 4 nitrogen and oxygen atoms in total. The lowest BCUT2D eigenvalue weighted by Gasteiger charge is -2.25. The summed E-state index contributed by atoms with van der Waals surface area (Å²) in [5, 5.41) is 0. The molecule has 0 saturated heterocycles. The van der Waals surface area contributed by atoms with Crippen LogP contribution in [0.2, 0.25) is 0 Å². The van der Waals surface area contributed by atoms with Crippen molar-refractivity contribution in [3.63, 3.8) is 0 Å². The van der Waals surface area contributed by atoms with Crippen molar-refractivity contribution in [3.8, 4) is 0 Å². The normalized spacial score (nSPS) is 14.5. The van der Waals surface area contributed by atoms with E-state index in [1.54, 1.807) is 36.4 Å². The Kier molecular flexibility index (Phi) is 2.91. The SMILES string of the molecule is O=C1Cc2ccccc2C(=O)N1c1cccc(Br)n1. The molecular weight excluding hydrogens is 308 g/mol. The first-order chi connectivity index (χ1) is 9.16. The lowest BCUT2D eigenvalue weighted by Crippen LogP contribution is -2.42. The van der Waals surface area contributed by atoms with Crippen molar-refractivity contribution < 1.29 is 9.59 Å². The average molecular weight is 317 g/mol. The molecule has 19 heavy (non-hydrogen) atoms. The van der Waals surface area contributed by atoms with E-state index in [-0.39, 0.29) is 18.2 Å². The molecule has 94 valence electrons. The number of carbonyl (C=O) groups is 2. The van der Waals surface area contributed by atoms with Crippen LogP contribution in [0, 0.1) is 0 Å². The average Bonchev–Trinajstić information content (AvgIpc) is 2.39. The van der Waals surface area contributed by atoms with Crippen LogP contribution in [-0.2, 0) is 11.2 Å². The van der Waals surface area contributed by atoms with Crippen LogP contribution in [0.15, 0.2) is 47.1 Å². The Labute approximate surface area is 118 Å². The minimum Gasteiger partial charge on any atom is -0.274 e.